The Morgan fingerprint density at radius 3 is 2.43 bits per heavy atom. The van der Waals surface area contributed by atoms with Crippen molar-refractivity contribution in [3.05, 3.63) is 0 Å². The van der Waals surface area contributed by atoms with Crippen LogP contribution in [0.3, 0.4) is 0 Å². The van der Waals surface area contributed by atoms with Crippen LogP contribution in [0.15, 0.2) is 0 Å². The van der Waals surface area contributed by atoms with E-state index in [1.165, 1.54) is 64.2 Å². The molecular formula is C13H24B. The minimum Gasteiger partial charge on any atom is -0.0682 e. The first-order chi connectivity index (χ1) is 6.79. The standard InChI is InChI=1S/C13H24B/c1-13-10-6-4-2-3-5-8-12(14-13)9-7-11-13/h12H,2-11H2,1H3. The Kier molecular flexibility index (Phi) is 3.57. The van der Waals surface area contributed by atoms with Crippen molar-refractivity contribution < 1.29 is 0 Å². The Balaban J connectivity index is 1.94. The summed E-state index contributed by atoms with van der Waals surface area (Å²) in [4.78, 5) is 0. The zero-order chi connectivity index (χ0) is 9.86. The molecule has 0 aromatic rings. The van der Waals surface area contributed by atoms with Crippen LogP contribution in [-0.4, -0.2) is 7.28 Å². The van der Waals surface area contributed by atoms with E-state index in [2.05, 4.69) is 14.2 Å². The number of rotatable bonds is 0. The molecule has 0 aliphatic carbocycles. The molecule has 1 radical (unpaired) electrons. The highest BCUT2D eigenvalue weighted by Gasteiger charge is 2.32. The second-order valence-electron chi connectivity index (χ2n) is 5.78. The summed E-state index contributed by atoms with van der Waals surface area (Å²) in [6, 6.07) is 0. The lowest BCUT2D eigenvalue weighted by Gasteiger charge is -2.38. The van der Waals surface area contributed by atoms with E-state index in [0.29, 0.717) is 5.31 Å². The first kappa shape index (κ1) is 10.6. The minimum atomic E-state index is 0.611. The van der Waals surface area contributed by atoms with Gasteiger partial charge in [-0.25, -0.2) is 0 Å². The Morgan fingerprint density at radius 1 is 0.857 bits per heavy atom. The predicted octanol–water partition coefficient (Wildman–Crippen LogP) is 4.59. The van der Waals surface area contributed by atoms with Crippen LogP contribution in [0.25, 0.3) is 0 Å². The highest BCUT2D eigenvalue weighted by Crippen LogP contribution is 2.47. The quantitative estimate of drug-likeness (QED) is 0.491. The first-order valence-electron chi connectivity index (χ1n) is 6.65. The molecule has 2 aliphatic heterocycles. The highest BCUT2D eigenvalue weighted by molar-refractivity contribution is 6.42. The van der Waals surface area contributed by atoms with E-state index >= 15 is 0 Å². The van der Waals surface area contributed by atoms with Gasteiger partial charge in [0, 0.05) is 0 Å². The molecule has 2 atom stereocenters. The van der Waals surface area contributed by atoms with Crippen LogP contribution in [0.1, 0.15) is 71.1 Å². The third kappa shape index (κ3) is 2.78. The largest absolute Gasteiger partial charge is 0.121 e. The van der Waals surface area contributed by atoms with E-state index in [1.807, 2.05) is 0 Å². The van der Waals surface area contributed by atoms with Gasteiger partial charge in [0.15, 0.2) is 0 Å². The number of fused-ring (bicyclic) bond motifs is 2. The number of hydrogen-bond donors (Lipinski definition) is 0. The molecule has 79 valence electrons. The molecule has 0 aromatic carbocycles. The van der Waals surface area contributed by atoms with Gasteiger partial charge in [-0.05, 0) is 0 Å². The van der Waals surface area contributed by atoms with Gasteiger partial charge in [0.05, 0.1) is 0 Å². The highest BCUT2D eigenvalue weighted by atomic mass is 14.3. The summed E-state index contributed by atoms with van der Waals surface area (Å²) < 4.78 is 0. The third-order valence-electron chi connectivity index (χ3n) is 4.28. The Hall–Kier alpha value is 0.0649. The van der Waals surface area contributed by atoms with Gasteiger partial charge in [0.1, 0.15) is 7.28 Å². The Bertz CT molecular complexity index is 178. The Labute approximate surface area is 90.1 Å². The van der Waals surface area contributed by atoms with Crippen LogP contribution in [0.4, 0.5) is 0 Å². The summed E-state index contributed by atoms with van der Waals surface area (Å²) in [6.45, 7) is 2.50. The normalized spacial score (nSPS) is 39.9. The van der Waals surface area contributed by atoms with Gasteiger partial charge >= 0.3 is 0 Å². The van der Waals surface area contributed by atoms with Gasteiger partial charge in [0.2, 0.25) is 0 Å². The van der Waals surface area contributed by atoms with Gasteiger partial charge in [-0.15, -0.1) is 0 Å². The number of hydrogen-bond acceptors (Lipinski definition) is 0. The summed E-state index contributed by atoms with van der Waals surface area (Å²) in [7, 11) is 2.72. The van der Waals surface area contributed by atoms with Crippen LogP contribution in [-0.2, 0) is 0 Å². The van der Waals surface area contributed by atoms with Crippen molar-refractivity contribution in [2.75, 3.05) is 0 Å². The molecule has 2 aliphatic rings. The van der Waals surface area contributed by atoms with Crippen molar-refractivity contribution >= 4 is 7.28 Å². The molecule has 2 rings (SSSR count). The molecule has 0 amide bonds. The molecule has 2 bridgehead atoms. The van der Waals surface area contributed by atoms with Crippen molar-refractivity contribution in [1.82, 2.24) is 0 Å². The molecule has 2 unspecified atom stereocenters. The van der Waals surface area contributed by atoms with Crippen LogP contribution in [0.2, 0.25) is 11.1 Å². The average Bonchev–Trinajstić information content (AvgIpc) is 2.16. The van der Waals surface area contributed by atoms with Crippen LogP contribution < -0.4 is 0 Å². The van der Waals surface area contributed by atoms with Crippen molar-refractivity contribution in [3.8, 4) is 0 Å². The molecule has 2 heterocycles. The van der Waals surface area contributed by atoms with E-state index in [4.69, 9.17) is 0 Å². The molecule has 0 nitrogen and oxygen atoms in total. The molecule has 2 saturated heterocycles. The fraction of sp³-hybridized carbons (Fsp3) is 1.00. The van der Waals surface area contributed by atoms with Crippen molar-refractivity contribution in [2.45, 2.75) is 82.3 Å². The fourth-order valence-electron chi connectivity index (χ4n) is 3.41. The maximum atomic E-state index is 2.72. The summed E-state index contributed by atoms with van der Waals surface area (Å²) in [5, 5.41) is 0.611. The summed E-state index contributed by atoms with van der Waals surface area (Å²) in [6.07, 6.45) is 14.8. The van der Waals surface area contributed by atoms with Gasteiger partial charge in [-0.2, -0.15) is 0 Å². The average molecular weight is 191 g/mol. The van der Waals surface area contributed by atoms with Crippen LogP contribution >= 0.6 is 0 Å². The summed E-state index contributed by atoms with van der Waals surface area (Å²) >= 11 is 0. The lowest BCUT2D eigenvalue weighted by molar-refractivity contribution is 0.396. The zero-order valence-electron chi connectivity index (χ0n) is 9.73. The lowest BCUT2D eigenvalue weighted by Crippen LogP contribution is -2.26. The second-order valence-corrected chi connectivity index (χ2v) is 5.78. The molecule has 0 spiro atoms. The smallest absolute Gasteiger partial charge is 0.0682 e. The maximum Gasteiger partial charge on any atom is 0.121 e. The second kappa shape index (κ2) is 4.72. The van der Waals surface area contributed by atoms with E-state index < -0.39 is 0 Å². The topological polar surface area (TPSA) is 0 Å². The van der Waals surface area contributed by atoms with Gasteiger partial charge in [0.25, 0.3) is 0 Å². The van der Waals surface area contributed by atoms with Crippen LogP contribution in [0.5, 0.6) is 0 Å². The van der Waals surface area contributed by atoms with E-state index in [-0.39, 0.29) is 0 Å². The van der Waals surface area contributed by atoms with Gasteiger partial charge in [-0.1, -0.05) is 82.3 Å². The first-order valence-corrected chi connectivity index (χ1v) is 6.65. The van der Waals surface area contributed by atoms with Crippen molar-refractivity contribution in [3.63, 3.8) is 0 Å². The van der Waals surface area contributed by atoms with Crippen LogP contribution in [0, 0.1) is 0 Å². The van der Waals surface area contributed by atoms with Gasteiger partial charge in [-0.3, -0.25) is 0 Å². The predicted molar refractivity (Wildman–Crippen MR) is 64.0 cm³/mol. The molecule has 14 heavy (non-hydrogen) atoms. The molecule has 1 heteroatoms. The SMILES string of the molecule is CC12[B]C(CCCCCCC1)CCC2. The fourth-order valence-corrected chi connectivity index (χ4v) is 3.41. The van der Waals surface area contributed by atoms with Gasteiger partial charge < -0.3 is 0 Å². The van der Waals surface area contributed by atoms with Crippen molar-refractivity contribution in [2.24, 2.45) is 0 Å². The summed E-state index contributed by atoms with van der Waals surface area (Å²) in [5.41, 5.74) is 0. The van der Waals surface area contributed by atoms with E-state index in [9.17, 15) is 0 Å². The Morgan fingerprint density at radius 2 is 1.50 bits per heavy atom. The minimum absolute atomic E-state index is 0.611. The molecule has 0 aromatic heterocycles. The van der Waals surface area contributed by atoms with E-state index in [1.54, 1.807) is 0 Å². The monoisotopic (exact) mass is 191 g/mol. The zero-order valence-corrected chi connectivity index (χ0v) is 9.73. The molecule has 0 N–H and O–H groups in total. The molecule has 2 fully saturated rings. The summed E-state index contributed by atoms with van der Waals surface area (Å²) in [5.74, 6) is 0.965. The maximum absolute atomic E-state index is 2.72. The van der Waals surface area contributed by atoms with Crippen molar-refractivity contribution in [1.29, 1.82) is 0 Å². The molecular weight excluding hydrogens is 167 g/mol. The molecule has 0 saturated carbocycles. The van der Waals surface area contributed by atoms with E-state index in [0.717, 1.165) is 5.82 Å². The third-order valence-corrected chi connectivity index (χ3v) is 4.28. The lowest BCUT2D eigenvalue weighted by atomic mass is 9.39.